The Morgan fingerprint density at radius 2 is 1.78 bits per heavy atom. The van der Waals surface area contributed by atoms with E-state index in [0.717, 1.165) is 15.3 Å². The number of hydrogen-bond donors (Lipinski definition) is 2. The number of benzene rings is 2. The van der Waals surface area contributed by atoms with Crippen LogP contribution in [0.5, 0.6) is 0 Å². The fourth-order valence-electron chi connectivity index (χ4n) is 2.61. The summed E-state index contributed by atoms with van der Waals surface area (Å²) in [6.45, 7) is 0.373. The molecule has 0 saturated heterocycles. The van der Waals surface area contributed by atoms with Gasteiger partial charge >= 0.3 is 0 Å². The van der Waals surface area contributed by atoms with E-state index < -0.39 is 11.0 Å². The lowest BCUT2D eigenvalue weighted by Crippen LogP contribution is -2.24. The molecule has 0 radical (unpaired) electrons. The maximum absolute atomic E-state index is 12.1. The standard InChI is InChI=1S/C20H18N2O4S/c23-19(12-14-6-8-16(9-7-14)22(25)26)21-13-17-10-11-18(27-17)20(24)15-4-2-1-3-5-15/h1-11,20,24H,12-13H2,(H,21,23). The van der Waals surface area contributed by atoms with E-state index in [1.807, 2.05) is 42.5 Å². The third-order valence-corrected chi connectivity index (χ3v) is 5.18. The zero-order valence-corrected chi connectivity index (χ0v) is 15.2. The average Bonchev–Trinajstić information content (AvgIpc) is 3.16. The Kier molecular flexibility index (Phi) is 5.95. The predicted molar refractivity (Wildman–Crippen MR) is 103 cm³/mol. The first-order chi connectivity index (χ1) is 13.0. The zero-order chi connectivity index (χ0) is 19.2. The Hall–Kier alpha value is -3.03. The summed E-state index contributed by atoms with van der Waals surface area (Å²) in [7, 11) is 0. The van der Waals surface area contributed by atoms with Gasteiger partial charge in [0.2, 0.25) is 5.91 Å². The molecule has 0 spiro atoms. The van der Waals surface area contributed by atoms with E-state index >= 15 is 0 Å². The van der Waals surface area contributed by atoms with Crippen LogP contribution in [-0.4, -0.2) is 15.9 Å². The van der Waals surface area contributed by atoms with E-state index in [0.29, 0.717) is 12.1 Å². The van der Waals surface area contributed by atoms with Crippen LogP contribution < -0.4 is 5.32 Å². The molecule has 1 atom stereocenters. The Balaban J connectivity index is 1.53. The molecule has 1 heterocycles. The Labute approximate surface area is 160 Å². The molecule has 2 N–H and O–H groups in total. The number of non-ortho nitro benzene ring substituents is 1. The second-order valence-electron chi connectivity index (χ2n) is 5.99. The molecular formula is C20H18N2O4S. The maximum atomic E-state index is 12.1. The number of nitrogens with zero attached hydrogens (tertiary/aromatic N) is 1. The van der Waals surface area contributed by atoms with E-state index in [9.17, 15) is 20.0 Å². The second-order valence-corrected chi connectivity index (χ2v) is 7.19. The lowest BCUT2D eigenvalue weighted by molar-refractivity contribution is -0.384. The van der Waals surface area contributed by atoms with Gasteiger partial charge in [0.05, 0.1) is 17.9 Å². The lowest BCUT2D eigenvalue weighted by Gasteiger charge is -2.08. The van der Waals surface area contributed by atoms with E-state index in [1.165, 1.54) is 23.5 Å². The number of carbonyl (C=O) groups excluding carboxylic acids is 1. The topological polar surface area (TPSA) is 92.5 Å². The number of rotatable bonds is 7. The smallest absolute Gasteiger partial charge is 0.269 e. The molecule has 1 amide bonds. The summed E-state index contributed by atoms with van der Waals surface area (Å²) in [4.78, 5) is 24.0. The average molecular weight is 382 g/mol. The number of carbonyl (C=O) groups is 1. The monoisotopic (exact) mass is 382 g/mol. The van der Waals surface area contributed by atoms with Crippen LogP contribution in [0.25, 0.3) is 0 Å². The molecule has 0 aliphatic heterocycles. The van der Waals surface area contributed by atoms with Crippen molar-refractivity contribution < 1.29 is 14.8 Å². The van der Waals surface area contributed by atoms with Gasteiger partial charge in [0.1, 0.15) is 6.10 Å². The number of nitro groups is 1. The highest BCUT2D eigenvalue weighted by Gasteiger charge is 2.13. The van der Waals surface area contributed by atoms with Crippen LogP contribution in [0.4, 0.5) is 5.69 Å². The molecule has 7 heteroatoms. The van der Waals surface area contributed by atoms with Crippen molar-refractivity contribution in [1.29, 1.82) is 0 Å². The van der Waals surface area contributed by atoms with Crippen molar-refractivity contribution in [2.24, 2.45) is 0 Å². The number of aliphatic hydroxyl groups excluding tert-OH is 1. The molecule has 3 rings (SSSR count). The van der Waals surface area contributed by atoms with Crippen molar-refractivity contribution in [3.05, 3.63) is 97.7 Å². The van der Waals surface area contributed by atoms with Crippen LogP contribution in [0, 0.1) is 10.1 Å². The van der Waals surface area contributed by atoms with Gasteiger partial charge in [0.25, 0.3) is 5.69 Å². The number of amides is 1. The molecule has 2 aromatic carbocycles. The molecule has 0 aliphatic rings. The fourth-order valence-corrected chi connectivity index (χ4v) is 3.57. The maximum Gasteiger partial charge on any atom is 0.269 e. The summed E-state index contributed by atoms with van der Waals surface area (Å²) < 4.78 is 0. The first-order valence-corrected chi connectivity index (χ1v) is 9.16. The van der Waals surface area contributed by atoms with Gasteiger partial charge in [-0.05, 0) is 23.3 Å². The number of nitro benzene ring substituents is 1. The Morgan fingerprint density at radius 1 is 1.07 bits per heavy atom. The van der Waals surface area contributed by atoms with Gasteiger partial charge in [-0.2, -0.15) is 0 Å². The van der Waals surface area contributed by atoms with Gasteiger partial charge < -0.3 is 10.4 Å². The van der Waals surface area contributed by atoms with E-state index in [-0.39, 0.29) is 18.0 Å². The van der Waals surface area contributed by atoms with Crippen molar-refractivity contribution in [2.75, 3.05) is 0 Å². The van der Waals surface area contributed by atoms with Gasteiger partial charge in [-0.1, -0.05) is 42.5 Å². The number of thiophene rings is 1. The predicted octanol–water partition coefficient (Wildman–Crippen LogP) is 3.60. The fraction of sp³-hybridized carbons (Fsp3) is 0.150. The highest BCUT2D eigenvalue weighted by Crippen LogP contribution is 2.28. The quantitative estimate of drug-likeness (QED) is 0.482. The van der Waals surface area contributed by atoms with Gasteiger partial charge in [-0.25, -0.2) is 0 Å². The minimum absolute atomic E-state index is 0.00208. The van der Waals surface area contributed by atoms with Crippen molar-refractivity contribution >= 4 is 22.9 Å². The number of nitrogens with one attached hydrogen (secondary N) is 1. The largest absolute Gasteiger partial charge is 0.383 e. The SMILES string of the molecule is O=C(Cc1ccc([N+](=O)[O-])cc1)NCc1ccc(C(O)c2ccccc2)s1. The molecule has 3 aromatic rings. The summed E-state index contributed by atoms with van der Waals surface area (Å²) in [5, 5.41) is 23.9. The third kappa shape index (κ3) is 4.99. The van der Waals surface area contributed by atoms with Gasteiger partial charge in [0, 0.05) is 21.9 Å². The van der Waals surface area contributed by atoms with Crippen LogP contribution in [0.15, 0.2) is 66.7 Å². The highest BCUT2D eigenvalue weighted by atomic mass is 32.1. The number of aliphatic hydroxyl groups is 1. The van der Waals surface area contributed by atoms with E-state index in [2.05, 4.69) is 5.32 Å². The van der Waals surface area contributed by atoms with Crippen molar-refractivity contribution in [1.82, 2.24) is 5.32 Å². The summed E-state index contributed by atoms with van der Waals surface area (Å²) in [5.41, 5.74) is 1.54. The summed E-state index contributed by atoms with van der Waals surface area (Å²) in [5.74, 6) is -0.164. The molecule has 0 bridgehead atoms. The van der Waals surface area contributed by atoms with Crippen LogP contribution in [0.1, 0.15) is 27.0 Å². The Morgan fingerprint density at radius 3 is 2.44 bits per heavy atom. The molecule has 6 nitrogen and oxygen atoms in total. The second kappa shape index (κ2) is 8.57. The first kappa shape index (κ1) is 18.8. The van der Waals surface area contributed by atoms with Crippen molar-refractivity contribution in [3.63, 3.8) is 0 Å². The Bertz CT molecular complexity index is 923. The lowest BCUT2D eigenvalue weighted by atomic mass is 10.1. The summed E-state index contributed by atoms with van der Waals surface area (Å²) >= 11 is 1.45. The molecular weight excluding hydrogens is 364 g/mol. The molecule has 0 aliphatic carbocycles. The van der Waals surface area contributed by atoms with Gasteiger partial charge in [-0.3, -0.25) is 14.9 Å². The third-order valence-electron chi connectivity index (χ3n) is 4.04. The van der Waals surface area contributed by atoms with E-state index in [1.54, 1.807) is 12.1 Å². The van der Waals surface area contributed by atoms with E-state index in [4.69, 9.17) is 0 Å². The molecule has 0 fully saturated rings. The molecule has 0 saturated carbocycles. The van der Waals surface area contributed by atoms with Crippen molar-refractivity contribution in [2.45, 2.75) is 19.1 Å². The normalized spacial score (nSPS) is 11.7. The number of hydrogen-bond acceptors (Lipinski definition) is 5. The van der Waals surface area contributed by atoms with Crippen LogP contribution >= 0.6 is 11.3 Å². The van der Waals surface area contributed by atoms with Gasteiger partial charge in [0.15, 0.2) is 0 Å². The van der Waals surface area contributed by atoms with Crippen LogP contribution in [-0.2, 0) is 17.8 Å². The minimum Gasteiger partial charge on any atom is -0.383 e. The molecule has 1 unspecified atom stereocenters. The molecule has 1 aromatic heterocycles. The zero-order valence-electron chi connectivity index (χ0n) is 14.4. The summed E-state index contributed by atoms with van der Waals surface area (Å²) in [6.07, 6.45) is -0.524. The highest BCUT2D eigenvalue weighted by molar-refractivity contribution is 7.12. The summed E-state index contributed by atoms with van der Waals surface area (Å²) in [6, 6.07) is 19.1. The molecule has 138 valence electrons. The van der Waals surface area contributed by atoms with Crippen LogP contribution in [0.3, 0.4) is 0 Å². The first-order valence-electron chi connectivity index (χ1n) is 8.34. The van der Waals surface area contributed by atoms with Crippen molar-refractivity contribution in [3.8, 4) is 0 Å². The van der Waals surface area contributed by atoms with Crippen LogP contribution in [0.2, 0.25) is 0 Å². The van der Waals surface area contributed by atoms with Gasteiger partial charge in [-0.15, -0.1) is 11.3 Å². The minimum atomic E-state index is -0.680. The molecule has 27 heavy (non-hydrogen) atoms.